The fraction of sp³-hybridized carbons (Fsp3) is 0.545. The van der Waals surface area contributed by atoms with Gasteiger partial charge in [0.05, 0.1) is 0 Å². The van der Waals surface area contributed by atoms with Crippen LogP contribution in [-0.2, 0) is 0 Å². The van der Waals surface area contributed by atoms with Crippen molar-refractivity contribution in [2.24, 2.45) is 11.3 Å². The maximum absolute atomic E-state index is 2.54. The average Bonchev–Trinajstić information content (AvgIpc) is 3.07. The van der Waals surface area contributed by atoms with Gasteiger partial charge in [-0.15, -0.1) is 0 Å². The minimum Gasteiger partial charge on any atom is -0.328 e. The third kappa shape index (κ3) is 2.15. The van der Waals surface area contributed by atoms with E-state index >= 15 is 0 Å². The standard InChI is InChI=1S/C22H30N2/c1-16-10-8-9-13-20(16)24-17(2)21-22(4,14-15-23(21)18(24)3)19-11-6-5-7-12-19/h8-10,13-15,18-19H,5-7,11-12H2,1-4H3. The van der Waals surface area contributed by atoms with Crippen molar-refractivity contribution in [1.82, 2.24) is 4.90 Å². The van der Waals surface area contributed by atoms with Crippen LogP contribution < -0.4 is 4.90 Å². The van der Waals surface area contributed by atoms with Gasteiger partial charge in [-0.3, -0.25) is 0 Å². The van der Waals surface area contributed by atoms with Crippen LogP contribution in [0, 0.1) is 18.3 Å². The highest BCUT2D eigenvalue weighted by Gasteiger charge is 2.48. The van der Waals surface area contributed by atoms with E-state index in [1.807, 2.05) is 0 Å². The highest BCUT2D eigenvalue weighted by Crippen LogP contribution is 2.54. The predicted molar refractivity (Wildman–Crippen MR) is 101 cm³/mol. The predicted octanol–water partition coefficient (Wildman–Crippen LogP) is 5.81. The molecule has 2 heteroatoms. The van der Waals surface area contributed by atoms with Crippen molar-refractivity contribution in [1.29, 1.82) is 0 Å². The molecule has 1 aromatic rings. The zero-order valence-electron chi connectivity index (χ0n) is 15.5. The van der Waals surface area contributed by atoms with E-state index in [0.29, 0.717) is 6.17 Å². The molecule has 2 heterocycles. The number of benzene rings is 1. The Morgan fingerprint density at radius 2 is 1.75 bits per heavy atom. The van der Waals surface area contributed by atoms with Crippen molar-refractivity contribution < 1.29 is 0 Å². The first-order valence-corrected chi connectivity index (χ1v) is 9.58. The Balaban J connectivity index is 1.76. The van der Waals surface area contributed by atoms with Crippen LogP contribution in [0.1, 0.15) is 58.4 Å². The van der Waals surface area contributed by atoms with Crippen LogP contribution in [0.4, 0.5) is 5.69 Å². The van der Waals surface area contributed by atoms with E-state index < -0.39 is 0 Å². The van der Waals surface area contributed by atoms with Gasteiger partial charge >= 0.3 is 0 Å². The molecule has 2 unspecified atom stereocenters. The van der Waals surface area contributed by atoms with Crippen LogP contribution in [0.25, 0.3) is 0 Å². The van der Waals surface area contributed by atoms with Crippen molar-refractivity contribution in [3.05, 3.63) is 53.5 Å². The number of allylic oxidation sites excluding steroid dienone is 2. The van der Waals surface area contributed by atoms with Crippen molar-refractivity contribution in [3.63, 3.8) is 0 Å². The Bertz CT molecular complexity index is 696. The van der Waals surface area contributed by atoms with Crippen LogP contribution in [-0.4, -0.2) is 11.1 Å². The Morgan fingerprint density at radius 1 is 1.04 bits per heavy atom. The molecule has 0 spiro atoms. The van der Waals surface area contributed by atoms with Gasteiger partial charge in [0.2, 0.25) is 0 Å². The van der Waals surface area contributed by atoms with E-state index in [2.05, 4.69) is 74.0 Å². The molecule has 1 aliphatic carbocycles. The van der Waals surface area contributed by atoms with Gasteiger partial charge in [0.15, 0.2) is 0 Å². The SMILES string of the molecule is CC1=C2N(C=CC2(C)C2CCCCC2)C(C)N1c1ccccc1C. The molecule has 0 N–H and O–H groups in total. The number of aryl methyl sites for hydroxylation is 1. The minimum absolute atomic E-state index is 0.205. The van der Waals surface area contributed by atoms with Gasteiger partial charge in [0.1, 0.15) is 6.17 Å². The summed E-state index contributed by atoms with van der Waals surface area (Å²) in [5.74, 6) is 0.793. The Morgan fingerprint density at radius 3 is 2.46 bits per heavy atom. The maximum Gasteiger partial charge on any atom is 0.107 e. The van der Waals surface area contributed by atoms with Crippen LogP contribution in [0.2, 0.25) is 0 Å². The summed E-state index contributed by atoms with van der Waals surface area (Å²) in [7, 11) is 0. The topological polar surface area (TPSA) is 6.48 Å². The summed E-state index contributed by atoms with van der Waals surface area (Å²) in [4.78, 5) is 5.06. The molecule has 1 fully saturated rings. The van der Waals surface area contributed by atoms with Crippen molar-refractivity contribution in [2.45, 2.75) is 66.0 Å². The highest BCUT2D eigenvalue weighted by atomic mass is 15.4. The van der Waals surface area contributed by atoms with Crippen LogP contribution in [0.5, 0.6) is 0 Å². The van der Waals surface area contributed by atoms with Gasteiger partial charge in [-0.25, -0.2) is 0 Å². The molecule has 0 aromatic heterocycles. The Hall–Kier alpha value is -1.70. The molecule has 3 aliphatic rings. The molecule has 0 saturated heterocycles. The quantitative estimate of drug-likeness (QED) is 0.678. The van der Waals surface area contributed by atoms with Crippen molar-refractivity contribution in [2.75, 3.05) is 4.90 Å². The summed E-state index contributed by atoms with van der Waals surface area (Å²) in [5, 5.41) is 0. The monoisotopic (exact) mass is 322 g/mol. The number of fused-ring (bicyclic) bond motifs is 1. The Kier molecular flexibility index (Phi) is 3.74. The summed E-state index contributed by atoms with van der Waals surface area (Å²) in [6.07, 6.45) is 12.2. The summed E-state index contributed by atoms with van der Waals surface area (Å²) < 4.78 is 0. The molecular weight excluding hydrogens is 292 g/mol. The fourth-order valence-corrected chi connectivity index (χ4v) is 5.32. The number of anilines is 1. The van der Waals surface area contributed by atoms with Gasteiger partial charge in [0, 0.05) is 28.7 Å². The van der Waals surface area contributed by atoms with Gasteiger partial charge in [-0.05, 0) is 51.2 Å². The van der Waals surface area contributed by atoms with Gasteiger partial charge in [0.25, 0.3) is 0 Å². The normalized spacial score (nSPS) is 30.4. The molecule has 0 bridgehead atoms. The second-order valence-electron chi connectivity index (χ2n) is 8.06. The molecule has 2 nitrogen and oxygen atoms in total. The van der Waals surface area contributed by atoms with Crippen LogP contribution in [0.3, 0.4) is 0 Å². The third-order valence-electron chi connectivity index (χ3n) is 6.66. The number of nitrogens with zero attached hydrogens (tertiary/aromatic N) is 2. The molecule has 2 atom stereocenters. The zero-order valence-corrected chi connectivity index (χ0v) is 15.5. The van der Waals surface area contributed by atoms with E-state index in [1.165, 1.54) is 49.1 Å². The van der Waals surface area contributed by atoms with E-state index in [9.17, 15) is 0 Å². The van der Waals surface area contributed by atoms with Gasteiger partial charge in [-0.1, -0.05) is 50.5 Å². The molecule has 1 saturated carbocycles. The lowest BCUT2D eigenvalue weighted by Gasteiger charge is -2.37. The molecule has 2 aliphatic heterocycles. The van der Waals surface area contributed by atoms with Gasteiger partial charge in [-0.2, -0.15) is 0 Å². The first-order chi connectivity index (χ1) is 11.5. The van der Waals surface area contributed by atoms with Crippen LogP contribution in [0.15, 0.2) is 47.9 Å². The Labute approximate surface area is 146 Å². The summed E-state index contributed by atoms with van der Waals surface area (Å²) in [6, 6.07) is 8.78. The molecular formula is C22H30N2. The zero-order chi connectivity index (χ0) is 16.9. The number of hydrogen-bond acceptors (Lipinski definition) is 2. The summed E-state index contributed by atoms with van der Waals surface area (Å²) in [6.45, 7) is 9.36. The second kappa shape index (κ2) is 5.68. The molecule has 1 aromatic carbocycles. The van der Waals surface area contributed by atoms with Crippen LogP contribution >= 0.6 is 0 Å². The number of hydrogen-bond donors (Lipinski definition) is 0. The molecule has 24 heavy (non-hydrogen) atoms. The molecule has 128 valence electrons. The smallest absolute Gasteiger partial charge is 0.107 e. The van der Waals surface area contributed by atoms with Crippen molar-refractivity contribution in [3.8, 4) is 0 Å². The molecule has 0 radical (unpaired) electrons. The summed E-state index contributed by atoms with van der Waals surface area (Å²) >= 11 is 0. The first kappa shape index (κ1) is 15.8. The maximum atomic E-state index is 2.54. The fourth-order valence-electron chi connectivity index (χ4n) is 5.32. The average molecular weight is 322 g/mol. The summed E-state index contributed by atoms with van der Waals surface area (Å²) in [5.41, 5.74) is 5.90. The van der Waals surface area contributed by atoms with Crippen molar-refractivity contribution >= 4 is 5.69 Å². The lowest BCUT2D eigenvalue weighted by atomic mass is 9.68. The highest BCUT2D eigenvalue weighted by molar-refractivity contribution is 5.62. The van der Waals surface area contributed by atoms with E-state index in [0.717, 1.165) is 5.92 Å². The molecule has 4 rings (SSSR count). The van der Waals surface area contributed by atoms with Gasteiger partial charge < -0.3 is 9.80 Å². The van der Waals surface area contributed by atoms with E-state index in [4.69, 9.17) is 0 Å². The number of para-hydroxylation sites is 1. The third-order valence-corrected chi connectivity index (χ3v) is 6.66. The van der Waals surface area contributed by atoms with E-state index in [1.54, 1.807) is 5.70 Å². The lowest BCUT2D eigenvalue weighted by Crippen LogP contribution is -2.35. The largest absolute Gasteiger partial charge is 0.328 e. The van der Waals surface area contributed by atoms with E-state index in [-0.39, 0.29) is 5.41 Å². The minimum atomic E-state index is 0.205. The number of rotatable bonds is 2. The molecule has 0 amide bonds. The lowest BCUT2D eigenvalue weighted by molar-refractivity contribution is 0.206. The second-order valence-corrected chi connectivity index (χ2v) is 8.06. The first-order valence-electron chi connectivity index (χ1n) is 9.58.